The molecule has 1 aromatic carbocycles. The van der Waals surface area contributed by atoms with E-state index in [4.69, 9.17) is 4.74 Å². The van der Waals surface area contributed by atoms with E-state index in [1.807, 2.05) is 49.5 Å². The number of aromatic nitrogens is 1. The van der Waals surface area contributed by atoms with E-state index in [1.54, 1.807) is 6.92 Å². The van der Waals surface area contributed by atoms with Crippen molar-refractivity contribution in [3.63, 3.8) is 0 Å². The van der Waals surface area contributed by atoms with Crippen LogP contribution in [0.5, 0.6) is 0 Å². The Labute approximate surface area is 229 Å². The predicted octanol–water partition coefficient (Wildman–Crippen LogP) is 4.06. The summed E-state index contributed by atoms with van der Waals surface area (Å²) in [6, 6.07) is 7.85. The molecule has 1 aromatic heterocycles. The Morgan fingerprint density at radius 2 is 1.92 bits per heavy atom. The number of ketones is 2. The lowest BCUT2D eigenvalue weighted by Gasteiger charge is -2.46. The highest BCUT2D eigenvalue weighted by molar-refractivity contribution is 6.09. The van der Waals surface area contributed by atoms with Crippen molar-refractivity contribution in [1.29, 1.82) is 0 Å². The lowest BCUT2D eigenvalue weighted by Crippen LogP contribution is -2.58. The minimum Gasteiger partial charge on any atom is -0.385 e. The van der Waals surface area contributed by atoms with Gasteiger partial charge in [-0.3, -0.25) is 14.4 Å². The molecule has 0 bridgehead atoms. The molecule has 9 atom stereocenters. The number of allylic oxidation sites excluding steroid dienone is 2. The quantitative estimate of drug-likeness (QED) is 0.308. The smallest absolute Gasteiger partial charge is 0.235 e. The van der Waals surface area contributed by atoms with Crippen molar-refractivity contribution in [3.8, 4) is 0 Å². The molecule has 39 heavy (non-hydrogen) atoms. The van der Waals surface area contributed by atoms with Crippen molar-refractivity contribution < 1.29 is 24.2 Å². The fourth-order valence-electron chi connectivity index (χ4n) is 7.95. The maximum atomic E-state index is 14.3. The number of rotatable bonds is 2. The molecule has 2 aliphatic carbocycles. The Kier molecular flexibility index (Phi) is 6.23. The van der Waals surface area contributed by atoms with E-state index in [9.17, 15) is 19.5 Å². The van der Waals surface area contributed by atoms with Gasteiger partial charge in [-0.05, 0) is 62.1 Å². The average molecular weight is 531 g/mol. The van der Waals surface area contributed by atoms with E-state index in [2.05, 4.69) is 30.2 Å². The van der Waals surface area contributed by atoms with Gasteiger partial charge in [0.25, 0.3) is 0 Å². The van der Waals surface area contributed by atoms with Gasteiger partial charge in [-0.1, -0.05) is 50.3 Å². The SMILES string of the molecule is C/C1=C/C(C)C/C=C\C2C3OC3(C)C(C)C3C(Cc4c[nH]c5ccccc45)NC(=O)C23C(=O)CCC(O)C1=O. The number of fused-ring (bicyclic) bond motifs is 3. The largest absolute Gasteiger partial charge is 0.385 e. The predicted molar refractivity (Wildman–Crippen MR) is 148 cm³/mol. The summed E-state index contributed by atoms with van der Waals surface area (Å²) in [7, 11) is 0. The molecule has 7 nitrogen and oxygen atoms in total. The molecule has 6 rings (SSSR count). The van der Waals surface area contributed by atoms with Crippen LogP contribution in [0.2, 0.25) is 0 Å². The van der Waals surface area contributed by atoms with Crippen LogP contribution >= 0.6 is 0 Å². The van der Waals surface area contributed by atoms with Crippen LogP contribution in [-0.4, -0.2) is 51.4 Å². The highest BCUT2D eigenvalue weighted by Gasteiger charge is 2.78. The molecule has 9 unspecified atom stereocenters. The molecule has 1 saturated carbocycles. The fourth-order valence-corrected chi connectivity index (χ4v) is 7.95. The topological polar surface area (TPSA) is 112 Å². The molecule has 3 fully saturated rings. The summed E-state index contributed by atoms with van der Waals surface area (Å²) >= 11 is 0. The van der Waals surface area contributed by atoms with Crippen molar-refractivity contribution >= 4 is 28.4 Å². The Hall–Kier alpha value is -3.03. The van der Waals surface area contributed by atoms with Crippen molar-refractivity contribution in [3.05, 3.63) is 59.8 Å². The molecule has 4 aliphatic rings. The van der Waals surface area contributed by atoms with Gasteiger partial charge in [0.2, 0.25) is 5.91 Å². The number of hydrogen-bond acceptors (Lipinski definition) is 5. The number of benzene rings is 1. The number of nitrogens with one attached hydrogen (secondary N) is 2. The minimum absolute atomic E-state index is 0.000298. The summed E-state index contributed by atoms with van der Waals surface area (Å²) in [5.41, 5.74) is 0.921. The molecule has 2 aromatic rings. The maximum Gasteiger partial charge on any atom is 0.235 e. The van der Waals surface area contributed by atoms with Crippen LogP contribution < -0.4 is 5.32 Å². The molecule has 2 saturated heterocycles. The lowest BCUT2D eigenvalue weighted by atomic mass is 9.51. The summed E-state index contributed by atoms with van der Waals surface area (Å²) in [6.45, 7) is 7.95. The van der Waals surface area contributed by atoms with Crippen LogP contribution in [0, 0.1) is 29.1 Å². The van der Waals surface area contributed by atoms with Gasteiger partial charge in [-0.2, -0.15) is 0 Å². The first-order valence-corrected chi connectivity index (χ1v) is 14.2. The highest BCUT2D eigenvalue weighted by atomic mass is 16.6. The minimum atomic E-state index is -1.31. The molecule has 2 aliphatic heterocycles. The van der Waals surface area contributed by atoms with Crippen molar-refractivity contribution in [1.82, 2.24) is 10.3 Å². The molecule has 3 N–H and O–H groups in total. The highest BCUT2D eigenvalue weighted by Crippen LogP contribution is 2.66. The second-order valence-electron chi connectivity index (χ2n) is 12.4. The number of ether oxygens (including phenoxy) is 1. The van der Waals surface area contributed by atoms with E-state index in [0.717, 1.165) is 16.5 Å². The van der Waals surface area contributed by atoms with Crippen LogP contribution in [0.15, 0.2) is 54.3 Å². The third kappa shape index (κ3) is 3.88. The molecule has 1 amide bonds. The van der Waals surface area contributed by atoms with Gasteiger partial charge in [0, 0.05) is 41.4 Å². The zero-order chi connectivity index (χ0) is 27.7. The number of Topliss-reactive ketones (excluding diaryl/α,β-unsaturated/α-hetero) is 2. The summed E-state index contributed by atoms with van der Waals surface area (Å²) in [5.74, 6) is -1.48. The lowest BCUT2D eigenvalue weighted by molar-refractivity contribution is -0.148. The summed E-state index contributed by atoms with van der Waals surface area (Å²) in [4.78, 5) is 44.7. The first-order chi connectivity index (χ1) is 18.6. The maximum absolute atomic E-state index is 14.3. The second kappa shape index (κ2) is 9.27. The summed E-state index contributed by atoms with van der Waals surface area (Å²) in [5, 5.41) is 15.1. The number of H-pyrrole nitrogens is 1. The number of para-hydroxylation sites is 1. The van der Waals surface area contributed by atoms with Crippen molar-refractivity contribution in [2.75, 3.05) is 0 Å². The van der Waals surface area contributed by atoms with E-state index in [-0.39, 0.29) is 60.2 Å². The zero-order valence-corrected chi connectivity index (χ0v) is 23.1. The van der Waals surface area contributed by atoms with Crippen LogP contribution in [0.3, 0.4) is 0 Å². The van der Waals surface area contributed by atoms with Gasteiger partial charge >= 0.3 is 0 Å². The molecule has 0 radical (unpaired) electrons. The number of aliphatic hydroxyl groups excluding tert-OH is 1. The van der Waals surface area contributed by atoms with Gasteiger partial charge in [-0.15, -0.1) is 0 Å². The zero-order valence-electron chi connectivity index (χ0n) is 23.1. The number of epoxide rings is 1. The molecular weight excluding hydrogens is 492 g/mol. The first-order valence-electron chi connectivity index (χ1n) is 14.2. The number of amides is 1. The van der Waals surface area contributed by atoms with Crippen molar-refractivity contribution in [2.24, 2.45) is 29.1 Å². The Morgan fingerprint density at radius 1 is 1.15 bits per heavy atom. The number of aromatic amines is 1. The third-order valence-electron chi connectivity index (χ3n) is 10.1. The second-order valence-corrected chi connectivity index (χ2v) is 12.4. The molecule has 1 spiro atoms. The van der Waals surface area contributed by atoms with Crippen LogP contribution in [0.1, 0.15) is 52.5 Å². The first kappa shape index (κ1) is 26.2. The summed E-state index contributed by atoms with van der Waals surface area (Å²) < 4.78 is 6.35. The molecule has 206 valence electrons. The van der Waals surface area contributed by atoms with Gasteiger partial charge in [0.1, 0.15) is 17.3 Å². The van der Waals surface area contributed by atoms with E-state index < -0.39 is 23.0 Å². The van der Waals surface area contributed by atoms with Crippen LogP contribution in [0.25, 0.3) is 10.9 Å². The third-order valence-corrected chi connectivity index (χ3v) is 10.1. The molecule has 3 heterocycles. The Balaban J connectivity index is 1.43. The summed E-state index contributed by atoms with van der Waals surface area (Å²) in [6.07, 6.45) is 7.67. The number of hydrogen-bond donors (Lipinski definition) is 3. The van der Waals surface area contributed by atoms with Gasteiger partial charge in [0.05, 0.1) is 11.7 Å². The average Bonchev–Trinajstić information content (AvgIpc) is 3.31. The fraction of sp³-hybridized carbons (Fsp3) is 0.531. The standard InChI is InChI=1S/C32H38N2O5/c1-17-8-7-10-22-29-31(4,39-29)19(3)27-24(15-20-16-33-23-11-6-5-9-21(20)23)34-30(38)32(22,27)26(36)13-12-25(35)28(37)18(2)14-17/h5-7,9-11,14,16-17,19,22,24-25,27,29,33,35H,8,12-13,15H2,1-4H3,(H,34,38)/b10-7-,18-14-. The van der Waals surface area contributed by atoms with Crippen LogP contribution in [-0.2, 0) is 25.5 Å². The number of aliphatic hydroxyl groups is 1. The number of carbonyl (C=O) groups is 3. The normalized spacial score (nSPS) is 42.6. The Bertz CT molecular complexity index is 1410. The van der Waals surface area contributed by atoms with Gasteiger partial charge in [-0.25, -0.2) is 0 Å². The van der Waals surface area contributed by atoms with Gasteiger partial charge < -0.3 is 20.1 Å². The van der Waals surface area contributed by atoms with Gasteiger partial charge in [0.15, 0.2) is 5.78 Å². The van der Waals surface area contributed by atoms with E-state index >= 15 is 0 Å². The Morgan fingerprint density at radius 3 is 2.72 bits per heavy atom. The van der Waals surface area contributed by atoms with Crippen LogP contribution in [0.4, 0.5) is 0 Å². The number of carbonyl (C=O) groups excluding carboxylic acids is 3. The van der Waals surface area contributed by atoms with Crippen molar-refractivity contribution in [2.45, 2.75) is 77.2 Å². The monoisotopic (exact) mass is 530 g/mol. The van der Waals surface area contributed by atoms with E-state index in [0.29, 0.717) is 18.4 Å². The molecule has 7 heteroatoms. The molecular formula is C32H38N2O5. The van der Waals surface area contributed by atoms with E-state index in [1.165, 1.54) is 0 Å².